The van der Waals surface area contributed by atoms with Crippen molar-refractivity contribution in [3.05, 3.63) is 212 Å². The number of hydrogen-bond acceptors (Lipinski definition) is 3. The van der Waals surface area contributed by atoms with Gasteiger partial charge in [0.2, 0.25) is 0 Å². The molecule has 0 N–H and O–H groups in total. The lowest BCUT2D eigenvalue weighted by atomic mass is 9.33. The largest absolute Gasteiger partial charge is 0.312 e. The van der Waals surface area contributed by atoms with Gasteiger partial charge in [0, 0.05) is 51.2 Å². The molecule has 4 heteroatoms. The average molecular weight is 742 g/mol. The number of hydrogen-bond donors (Lipinski definition) is 0. The highest BCUT2D eigenvalue weighted by molar-refractivity contribution is 7.00. The van der Waals surface area contributed by atoms with Crippen molar-refractivity contribution in [2.24, 2.45) is 0 Å². The minimum atomic E-state index is 0.0368. The quantitative estimate of drug-likeness (QED) is 0.0954. The first-order chi connectivity index (χ1) is 28.7. The fourth-order valence-corrected chi connectivity index (χ4v) is 9.67. The number of anilines is 8. The smallest absolute Gasteiger partial charge is 0.252 e. The van der Waals surface area contributed by atoms with Crippen LogP contribution in [0.25, 0.3) is 32.3 Å². The van der Waals surface area contributed by atoms with Crippen molar-refractivity contribution in [2.45, 2.75) is 13.8 Å². The molecular formula is C54H40BN3. The second kappa shape index (κ2) is 13.7. The van der Waals surface area contributed by atoms with Crippen molar-refractivity contribution in [3.8, 4) is 0 Å². The molecule has 0 aliphatic carbocycles. The van der Waals surface area contributed by atoms with Crippen LogP contribution in [0.2, 0.25) is 0 Å². The first-order valence-electron chi connectivity index (χ1n) is 20.2. The summed E-state index contributed by atoms with van der Waals surface area (Å²) in [6.45, 7) is 4.27. The third-order valence-electron chi connectivity index (χ3n) is 12.0. The predicted octanol–water partition coefficient (Wildman–Crippen LogP) is 12.8. The second-order valence-electron chi connectivity index (χ2n) is 15.2. The normalized spacial score (nSPS) is 13.3. The first kappa shape index (κ1) is 34.0. The number of benzene rings is 9. The summed E-state index contributed by atoms with van der Waals surface area (Å²) < 4.78 is 0. The van der Waals surface area contributed by atoms with Gasteiger partial charge >= 0.3 is 0 Å². The lowest BCUT2D eigenvalue weighted by molar-refractivity contribution is 1.19. The van der Waals surface area contributed by atoms with Gasteiger partial charge in [-0.1, -0.05) is 133 Å². The third-order valence-corrected chi connectivity index (χ3v) is 12.0. The molecule has 0 radical (unpaired) electrons. The van der Waals surface area contributed by atoms with Crippen molar-refractivity contribution in [1.29, 1.82) is 0 Å². The number of nitrogens with zero attached hydrogens (tertiary/aromatic N) is 3. The van der Waals surface area contributed by atoms with Crippen LogP contribution in [0.1, 0.15) is 13.8 Å². The maximum absolute atomic E-state index is 2.53. The SMILES string of the molecule is C/C=C\C(=C/C)N1c2ccccc2B2c3ccc(N(c4ccccc4)c4ccccc4)cc3N(c3ccc4c5ccccc5c5ccccc5c4c3)c3cccc1c32. The molecule has 2 aliphatic rings. The second-order valence-corrected chi connectivity index (χ2v) is 15.2. The van der Waals surface area contributed by atoms with Gasteiger partial charge in [0.25, 0.3) is 6.71 Å². The van der Waals surface area contributed by atoms with Gasteiger partial charge in [0.15, 0.2) is 0 Å². The van der Waals surface area contributed by atoms with Crippen molar-refractivity contribution in [1.82, 2.24) is 0 Å². The van der Waals surface area contributed by atoms with Crippen molar-refractivity contribution in [2.75, 3.05) is 14.7 Å². The van der Waals surface area contributed by atoms with E-state index in [1.54, 1.807) is 0 Å². The number of allylic oxidation sites excluding steroid dienone is 3. The van der Waals surface area contributed by atoms with E-state index in [1.165, 1.54) is 71.5 Å². The Morgan fingerprint density at radius 2 is 1.00 bits per heavy atom. The van der Waals surface area contributed by atoms with Gasteiger partial charge in [0.05, 0.1) is 0 Å². The fraction of sp³-hybridized carbons (Fsp3) is 0.0370. The minimum Gasteiger partial charge on any atom is -0.312 e. The van der Waals surface area contributed by atoms with E-state index in [0.29, 0.717) is 0 Å². The molecule has 0 fully saturated rings. The summed E-state index contributed by atoms with van der Waals surface area (Å²) in [5, 5.41) is 7.62. The van der Waals surface area contributed by atoms with E-state index in [2.05, 4.69) is 235 Å². The lowest BCUT2D eigenvalue weighted by Crippen LogP contribution is -2.61. The average Bonchev–Trinajstić information content (AvgIpc) is 3.29. The summed E-state index contributed by atoms with van der Waals surface area (Å²) in [5.41, 5.74) is 14.3. The van der Waals surface area contributed by atoms with E-state index in [9.17, 15) is 0 Å². The fourth-order valence-electron chi connectivity index (χ4n) is 9.67. The van der Waals surface area contributed by atoms with E-state index in [-0.39, 0.29) is 6.71 Å². The molecule has 9 aromatic rings. The molecule has 0 aromatic heterocycles. The Morgan fingerprint density at radius 1 is 0.448 bits per heavy atom. The van der Waals surface area contributed by atoms with Crippen LogP contribution in [0.15, 0.2) is 212 Å². The van der Waals surface area contributed by atoms with Crippen molar-refractivity contribution in [3.63, 3.8) is 0 Å². The Hall–Kier alpha value is -7.30. The number of para-hydroxylation sites is 3. The van der Waals surface area contributed by atoms with Crippen LogP contribution < -0.4 is 31.1 Å². The lowest BCUT2D eigenvalue weighted by Gasteiger charge is -2.44. The van der Waals surface area contributed by atoms with Gasteiger partial charge in [0.1, 0.15) is 0 Å². The van der Waals surface area contributed by atoms with Crippen LogP contribution in [0, 0.1) is 0 Å². The van der Waals surface area contributed by atoms with Crippen LogP contribution in [0.4, 0.5) is 45.5 Å². The molecule has 2 aliphatic heterocycles. The van der Waals surface area contributed by atoms with Gasteiger partial charge in [-0.05, 0) is 135 Å². The van der Waals surface area contributed by atoms with Crippen LogP contribution in [0.3, 0.4) is 0 Å². The molecule has 0 spiro atoms. The van der Waals surface area contributed by atoms with Crippen LogP contribution in [-0.2, 0) is 0 Å². The van der Waals surface area contributed by atoms with E-state index in [0.717, 1.165) is 28.4 Å². The van der Waals surface area contributed by atoms with Crippen molar-refractivity contribution < 1.29 is 0 Å². The molecule has 58 heavy (non-hydrogen) atoms. The Bertz CT molecular complexity index is 3040. The summed E-state index contributed by atoms with van der Waals surface area (Å²) in [7, 11) is 0. The van der Waals surface area contributed by atoms with E-state index >= 15 is 0 Å². The van der Waals surface area contributed by atoms with Gasteiger partial charge in [-0.25, -0.2) is 0 Å². The Kier molecular flexibility index (Phi) is 8.04. The maximum Gasteiger partial charge on any atom is 0.252 e. The van der Waals surface area contributed by atoms with Crippen LogP contribution in [-0.4, -0.2) is 6.71 Å². The molecule has 0 unspecified atom stereocenters. The molecule has 3 nitrogen and oxygen atoms in total. The molecule has 0 saturated carbocycles. The zero-order chi connectivity index (χ0) is 38.7. The summed E-state index contributed by atoms with van der Waals surface area (Å²) >= 11 is 0. The third kappa shape index (κ3) is 5.15. The highest BCUT2D eigenvalue weighted by atomic mass is 15.2. The highest BCUT2D eigenvalue weighted by Crippen LogP contribution is 2.46. The molecule has 0 atom stereocenters. The first-order valence-corrected chi connectivity index (χ1v) is 20.2. The van der Waals surface area contributed by atoms with E-state index < -0.39 is 0 Å². The Morgan fingerprint density at radius 3 is 1.66 bits per heavy atom. The predicted molar refractivity (Wildman–Crippen MR) is 250 cm³/mol. The minimum absolute atomic E-state index is 0.0368. The topological polar surface area (TPSA) is 9.72 Å². The molecule has 9 aromatic carbocycles. The molecule has 0 saturated heterocycles. The summed E-state index contributed by atoms with van der Waals surface area (Å²) in [6, 6.07) is 69.2. The maximum atomic E-state index is 2.53. The number of fused-ring (bicyclic) bond motifs is 10. The monoisotopic (exact) mass is 741 g/mol. The van der Waals surface area contributed by atoms with Crippen molar-refractivity contribution >= 4 is 101 Å². The molecule has 11 rings (SSSR count). The molecule has 2 heterocycles. The molecular weight excluding hydrogens is 701 g/mol. The Balaban J connectivity index is 1.22. The van der Waals surface area contributed by atoms with Gasteiger partial charge in [-0.3, -0.25) is 0 Å². The van der Waals surface area contributed by atoms with Crippen LogP contribution in [0.5, 0.6) is 0 Å². The van der Waals surface area contributed by atoms with Gasteiger partial charge in [-0.2, -0.15) is 0 Å². The molecule has 0 bridgehead atoms. The highest BCUT2D eigenvalue weighted by Gasteiger charge is 2.43. The molecule has 274 valence electrons. The van der Waals surface area contributed by atoms with Gasteiger partial charge < -0.3 is 14.7 Å². The standard InChI is InChI=1S/C54H40BN3/c1-3-18-37(4-2)57-50-28-16-15-27-48(50)55-49-34-32-41(56(38-19-7-5-8-20-38)39-21-9-6-10-22-39)36-53(49)58(52-30-17-29-51(57)54(52)55)40-31-33-46-44-25-12-11-23-42(44)43-24-13-14-26-45(43)47(46)35-40/h3-36H,1-2H3/b18-3-,37-4+. The zero-order valence-corrected chi connectivity index (χ0v) is 32.5. The Labute approximate surface area is 340 Å². The summed E-state index contributed by atoms with van der Waals surface area (Å²) in [5.74, 6) is 0. The number of rotatable bonds is 6. The van der Waals surface area contributed by atoms with E-state index in [1.807, 2.05) is 0 Å². The molecule has 0 amide bonds. The van der Waals surface area contributed by atoms with Gasteiger partial charge in [-0.15, -0.1) is 0 Å². The zero-order valence-electron chi connectivity index (χ0n) is 32.5. The summed E-state index contributed by atoms with van der Waals surface area (Å²) in [6.07, 6.45) is 6.58. The summed E-state index contributed by atoms with van der Waals surface area (Å²) in [4.78, 5) is 7.36. The van der Waals surface area contributed by atoms with Crippen LogP contribution >= 0.6 is 0 Å². The van der Waals surface area contributed by atoms with E-state index in [4.69, 9.17) is 0 Å².